The lowest BCUT2D eigenvalue weighted by atomic mass is 9.95. The molecule has 1 aliphatic heterocycles. The van der Waals surface area contributed by atoms with Gasteiger partial charge >= 0.3 is 0 Å². The highest BCUT2D eigenvalue weighted by Crippen LogP contribution is 2.37. The Balaban J connectivity index is 1.30. The number of hydrogen-bond acceptors (Lipinski definition) is 6. The average Bonchev–Trinajstić information content (AvgIpc) is 2.99. The highest BCUT2D eigenvalue weighted by atomic mass is 32.1. The van der Waals surface area contributed by atoms with E-state index in [-0.39, 0.29) is 5.91 Å². The van der Waals surface area contributed by atoms with Gasteiger partial charge in [0.15, 0.2) is 0 Å². The number of aryl methyl sites for hydroxylation is 1. The molecule has 2 aliphatic rings. The van der Waals surface area contributed by atoms with E-state index in [4.69, 9.17) is 11.0 Å². The van der Waals surface area contributed by atoms with E-state index in [0.29, 0.717) is 29.1 Å². The number of rotatable bonds is 6. The molecule has 2 aromatic rings. The van der Waals surface area contributed by atoms with Crippen molar-refractivity contribution < 1.29 is 9.59 Å². The Kier molecular flexibility index (Phi) is 7.08. The van der Waals surface area contributed by atoms with Gasteiger partial charge in [-0.25, -0.2) is 0 Å². The largest absolute Gasteiger partial charge is 0.370 e. The normalized spacial score (nSPS) is 16.7. The number of nitrogens with two attached hydrogens (primary N) is 1. The number of anilines is 2. The number of carbonyl (C=O) groups excluding carboxylic acids is 2. The van der Waals surface area contributed by atoms with Crippen LogP contribution in [-0.2, 0) is 17.6 Å². The van der Waals surface area contributed by atoms with Gasteiger partial charge < -0.3 is 20.9 Å². The molecule has 0 radical (unpaired) electrons. The second-order valence-electron chi connectivity index (χ2n) is 8.42. The third-order valence-electron chi connectivity index (χ3n) is 6.28. The molecule has 168 valence electrons. The van der Waals surface area contributed by atoms with Crippen LogP contribution in [0.4, 0.5) is 10.7 Å². The fourth-order valence-electron chi connectivity index (χ4n) is 4.56. The van der Waals surface area contributed by atoms with Gasteiger partial charge in [-0.1, -0.05) is 0 Å². The maximum atomic E-state index is 12.7. The fourth-order valence-corrected chi connectivity index (χ4v) is 5.87. The van der Waals surface area contributed by atoms with Crippen molar-refractivity contribution in [2.75, 3.05) is 42.9 Å². The molecule has 32 heavy (non-hydrogen) atoms. The van der Waals surface area contributed by atoms with E-state index in [0.717, 1.165) is 69.5 Å². The Morgan fingerprint density at radius 2 is 1.84 bits per heavy atom. The topological polar surface area (TPSA) is 102 Å². The zero-order valence-electron chi connectivity index (χ0n) is 18.2. The molecule has 3 N–H and O–H groups in total. The molecule has 1 aromatic heterocycles. The number of hydrogen-bond donors (Lipinski definition) is 2. The number of primary amides is 1. The van der Waals surface area contributed by atoms with Crippen molar-refractivity contribution in [3.63, 3.8) is 0 Å². The van der Waals surface area contributed by atoms with Gasteiger partial charge in [0.05, 0.1) is 17.2 Å². The van der Waals surface area contributed by atoms with E-state index in [1.165, 1.54) is 16.2 Å². The first-order valence-electron chi connectivity index (χ1n) is 11.3. The highest BCUT2D eigenvalue weighted by molar-refractivity contribution is 7.17. The number of nitrogens with zero attached hydrogens (tertiary/aromatic N) is 3. The summed E-state index contributed by atoms with van der Waals surface area (Å²) < 4.78 is 0. The molecule has 1 saturated heterocycles. The van der Waals surface area contributed by atoms with Crippen molar-refractivity contribution in [3.05, 3.63) is 45.8 Å². The molecular weight excluding hydrogens is 422 g/mol. The molecule has 0 bridgehead atoms. The van der Waals surface area contributed by atoms with Gasteiger partial charge in [-0.2, -0.15) is 5.26 Å². The lowest BCUT2D eigenvalue weighted by Gasteiger charge is -2.23. The smallest absolute Gasteiger partial charge is 0.251 e. The minimum atomic E-state index is -0.449. The van der Waals surface area contributed by atoms with E-state index < -0.39 is 5.91 Å². The number of carbonyl (C=O) groups is 2. The quantitative estimate of drug-likeness (QED) is 0.702. The zero-order valence-corrected chi connectivity index (χ0v) is 19.0. The maximum Gasteiger partial charge on any atom is 0.251 e. The van der Waals surface area contributed by atoms with Crippen LogP contribution in [0.3, 0.4) is 0 Å². The van der Waals surface area contributed by atoms with E-state index >= 15 is 0 Å². The molecule has 0 saturated carbocycles. The lowest BCUT2D eigenvalue weighted by molar-refractivity contribution is -0.116. The van der Waals surface area contributed by atoms with Gasteiger partial charge in [0.25, 0.3) is 5.91 Å². The molecule has 0 atom stereocenters. The molecule has 2 heterocycles. The monoisotopic (exact) mass is 451 g/mol. The number of benzene rings is 1. The summed E-state index contributed by atoms with van der Waals surface area (Å²) in [6, 6.07) is 9.86. The Bertz CT molecular complexity index is 1020. The maximum absolute atomic E-state index is 12.7. The zero-order chi connectivity index (χ0) is 22.5. The van der Waals surface area contributed by atoms with Crippen LogP contribution >= 0.6 is 11.3 Å². The third kappa shape index (κ3) is 5.12. The Morgan fingerprint density at radius 1 is 1.06 bits per heavy atom. The van der Waals surface area contributed by atoms with Gasteiger partial charge in [-0.3, -0.25) is 9.59 Å². The lowest BCUT2D eigenvalue weighted by Crippen LogP contribution is -2.32. The van der Waals surface area contributed by atoms with Gasteiger partial charge in [0.1, 0.15) is 5.00 Å². The first kappa shape index (κ1) is 22.3. The minimum Gasteiger partial charge on any atom is -0.370 e. The molecule has 0 spiro atoms. The molecule has 1 aromatic carbocycles. The molecule has 7 nitrogen and oxygen atoms in total. The first-order valence-corrected chi connectivity index (χ1v) is 12.1. The Morgan fingerprint density at radius 3 is 2.59 bits per heavy atom. The number of nitriles is 1. The van der Waals surface area contributed by atoms with Gasteiger partial charge in [0.2, 0.25) is 5.91 Å². The molecular formula is C24H29N5O2S. The fraction of sp³-hybridized carbons (Fsp3) is 0.458. The van der Waals surface area contributed by atoms with Crippen LogP contribution in [0, 0.1) is 11.3 Å². The van der Waals surface area contributed by atoms with Crippen LogP contribution in [0.1, 0.15) is 52.0 Å². The summed E-state index contributed by atoms with van der Waals surface area (Å²) in [6.45, 7) is 4.35. The van der Waals surface area contributed by atoms with E-state index in [9.17, 15) is 9.59 Å². The van der Waals surface area contributed by atoms with Crippen molar-refractivity contribution >= 4 is 33.8 Å². The minimum absolute atomic E-state index is 0.0701. The highest BCUT2D eigenvalue weighted by Gasteiger charge is 2.25. The molecule has 1 aliphatic carbocycles. The van der Waals surface area contributed by atoms with Gasteiger partial charge in [-0.05, 0) is 68.5 Å². The summed E-state index contributed by atoms with van der Waals surface area (Å²) in [6.07, 6.45) is 5.41. The Hall–Kier alpha value is -2.89. The predicted molar refractivity (Wildman–Crippen MR) is 127 cm³/mol. The van der Waals surface area contributed by atoms with Crippen molar-refractivity contribution in [2.24, 2.45) is 5.73 Å². The number of thiophene rings is 1. The molecule has 1 fully saturated rings. The molecule has 4 rings (SSSR count). The van der Waals surface area contributed by atoms with E-state index in [2.05, 4.69) is 21.2 Å². The molecule has 0 unspecified atom stereocenters. The predicted octanol–water partition coefficient (Wildman–Crippen LogP) is 3.14. The number of nitrogens with one attached hydrogen (secondary N) is 1. The average molecular weight is 452 g/mol. The van der Waals surface area contributed by atoms with Crippen molar-refractivity contribution in [1.82, 2.24) is 4.90 Å². The standard InChI is InChI=1S/C24H29N5O2S/c25-16-17-6-8-18(9-7-17)29-12-3-11-28(14-15-29)13-10-21(30)27-24-22(23(26)31)19-4-1-2-5-20(19)32-24/h6-9H,1-5,10-15H2,(H2,26,31)(H,27,30). The van der Waals surface area contributed by atoms with Crippen molar-refractivity contribution in [3.8, 4) is 6.07 Å². The first-order chi connectivity index (χ1) is 15.5. The van der Waals surface area contributed by atoms with E-state index in [1.807, 2.05) is 24.3 Å². The summed E-state index contributed by atoms with van der Waals surface area (Å²) in [4.78, 5) is 30.5. The third-order valence-corrected chi connectivity index (χ3v) is 7.48. The summed E-state index contributed by atoms with van der Waals surface area (Å²) in [5.41, 5.74) is 8.99. The van der Waals surface area contributed by atoms with Crippen molar-refractivity contribution in [2.45, 2.75) is 38.5 Å². The van der Waals surface area contributed by atoms with Crippen LogP contribution in [0.2, 0.25) is 0 Å². The Labute approximate surface area is 192 Å². The second kappa shape index (κ2) is 10.2. The molecule has 8 heteroatoms. The van der Waals surface area contributed by atoms with Crippen LogP contribution < -0.4 is 16.0 Å². The summed E-state index contributed by atoms with van der Waals surface area (Å²) >= 11 is 1.51. The van der Waals surface area contributed by atoms with Crippen LogP contribution in [0.25, 0.3) is 0 Å². The van der Waals surface area contributed by atoms with Crippen LogP contribution in [-0.4, -0.2) is 49.4 Å². The summed E-state index contributed by atoms with van der Waals surface area (Å²) in [7, 11) is 0. The van der Waals surface area contributed by atoms with Crippen LogP contribution in [0.5, 0.6) is 0 Å². The van der Waals surface area contributed by atoms with Crippen molar-refractivity contribution in [1.29, 1.82) is 5.26 Å². The number of amides is 2. The summed E-state index contributed by atoms with van der Waals surface area (Å²) in [5, 5.41) is 12.6. The SMILES string of the molecule is N#Cc1ccc(N2CCCN(CCC(=O)Nc3sc4c(c3C(N)=O)CCCC4)CC2)cc1. The molecule has 2 amide bonds. The van der Waals surface area contributed by atoms with Gasteiger partial charge in [0, 0.05) is 43.2 Å². The number of fused-ring (bicyclic) bond motifs is 1. The summed E-state index contributed by atoms with van der Waals surface area (Å²) in [5.74, 6) is -0.519. The van der Waals surface area contributed by atoms with Gasteiger partial charge in [-0.15, -0.1) is 11.3 Å². The second-order valence-corrected chi connectivity index (χ2v) is 9.52. The van der Waals surface area contributed by atoms with Crippen LogP contribution in [0.15, 0.2) is 24.3 Å². The van der Waals surface area contributed by atoms with E-state index in [1.54, 1.807) is 0 Å².